The standard InChI is InChI=1S/C25H20N/c1-17-20-9-5-3-7-18(20)11-13-21(17)25-24-14-12-19-8-4-6-10-22(19)23(24)15-16-26(25)2/h3-16H,1-2H3/q+1. The largest absolute Gasteiger partial charge is 0.220 e. The molecule has 0 atom stereocenters. The summed E-state index contributed by atoms with van der Waals surface area (Å²) in [6.07, 6.45) is 2.18. The second kappa shape index (κ2) is 5.67. The topological polar surface area (TPSA) is 3.88 Å². The fraction of sp³-hybridized carbons (Fsp3) is 0.0800. The van der Waals surface area contributed by atoms with Crippen molar-refractivity contribution in [2.75, 3.05) is 0 Å². The van der Waals surface area contributed by atoms with Gasteiger partial charge in [0.15, 0.2) is 6.20 Å². The van der Waals surface area contributed by atoms with Crippen molar-refractivity contribution in [1.82, 2.24) is 0 Å². The maximum Gasteiger partial charge on any atom is 0.220 e. The Morgan fingerprint density at radius 2 is 1.23 bits per heavy atom. The minimum atomic E-state index is 1.27. The highest BCUT2D eigenvalue weighted by Gasteiger charge is 2.19. The van der Waals surface area contributed by atoms with Crippen molar-refractivity contribution in [3.63, 3.8) is 0 Å². The van der Waals surface area contributed by atoms with Crippen LogP contribution in [0.1, 0.15) is 5.56 Å². The number of hydrogen-bond acceptors (Lipinski definition) is 0. The van der Waals surface area contributed by atoms with Crippen LogP contribution in [0.4, 0.5) is 0 Å². The number of rotatable bonds is 1. The van der Waals surface area contributed by atoms with Crippen LogP contribution in [-0.2, 0) is 7.05 Å². The van der Waals surface area contributed by atoms with Gasteiger partial charge in [-0.05, 0) is 46.2 Å². The molecule has 0 radical (unpaired) electrons. The predicted octanol–water partition coefficient (Wildman–Crippen LogP) is 5.95. The van der Waals surface area contributed by atoms with Gasteiger partial charge >= 0.3 is 0 Å². The molecule has 4 aromatic carbocycles. The van der Waals surface area contributed by atoms with E-state index in [4.69, 9.17) is 0 Å². The fourth-order valence-corrected chi connectivity index (χ4v) is 4.15. The van der Waals surface area contributed by atoms with Crippen LogP contribution in [0.25, 0.3) is 43.6 Å². The van der Waals surface area contributed by atoms with Crippen LogP contribution in [0.15, 0.2) is 85.1 Å². The van der Waals surface area contributed by atoms with Gasteiger partial charge in [-0.2, -0.15) is 0 Å². The zero-order valence-corrected chi connectivity index (χ0v) is 15.0. The van der Waals surface area contributed by atoms with Gasteiger partial charge in [0.05, 0.1) is 10.9 Å². The summed E-state index contributed by atoms with van der Waals surface area (Å²) < 4.78 is 2.24. The van der Waals surface area contributed by atoms with Crippen molar-refractivity contribution < 1.29 is 4.57 Å². The Kier molecular flexibility index (Phi) is 3.29. The molecule has 0 saturated carbocycles. The molecular weight excluding hydrogens is 314 g/mol. The van der Waals surface area contributed by atoms with Gasteiger partial charge in [0.2, 0.25) is 5.69 Å². The lowest BCUT2D eigenvalue weighted by Crippen LogP contribution is -2.30. The Morgan fingerprint density at radius 3 is 2.04 bits per heavy atom. The van der Waals surface area contributed by atoms with Crippen molar-refractivity contribution in [2.24, 2.45) is 7.05 Å². The van der Waals surface area contributed by atoms with Gasteiger partial charge in [-0.1, -0.05) is 60.7 Å². The SMILES string of the molecule is Cc1c(-c2c3ccc4ccccc4c3cc[n+]2C)ccc2ccccc12. The Labute approximate surface area is 153 Å². The Bertz CT molecular complexity index is 1300. The zero-order chi connectivity index (χ0) is 17.7. The van der Waals surface area contributed by atoms with Crippen LogP contribution < -0.4 is 4.57 Å². The molecular formula is C25H20N+. The molecule has 1 aromatic heterocycles. The normalized spacial score (nSPS) is 11.5. The van der Waals surface area contributed by atoms with E-state index in [9.17, 15) is 0 Å². The van der Waals surface area contributed by atoms with Gasteiger partial charge in [0.1, 0.15) is 7.05 Å². The van der Waals surface area contributed by atoms with Gasteiger partial charge in [-0.25, -0.2) is 4.57 Å². The summed E-state index contributed by atoms with van der Waals surface area (Å²) in [5.41, 5.74) is 3.91. The third-order valence-corrected chi connectivity index (χ3v) is 5.50. The highest BCUT2D eigenvalue weighted by molar-refractivity contribution is 6.11. The van der Waals surface area contributed by atoms with Crippen molar-refractivity contribution in [2.45, 2.75) is 6.92 Å². The van der Waals surface area contributed by atoms with Gasteiger partial charge in [0, 0.05) is 11.5 Å². The Morgan fingerprint density at radius 1 is 0.577 bits per heavy atom. The highest BCUT2D eigenvalue weighted by atomic mass is 14.9. The molecule has 1 heterocycles. The first-order valence-corrected chi connectivity index (χ1v) is 9.03. The smallest absolute Gasteiger partial charge is 0.200 e. The number of fused-ring (bicyclic) bond motifs is 4. The highest BCUT2D eigenvalue weighted by Crippen LogP contribution is 2.34. The first-order valence-electron chi connectivity index (χ1n) is 9.03. The molecule has 124 valence electrons. The number of benzene rings is 4. The summed E-state index contributed by atoms with van der Waals surface area (Å²) in [7, 11) is 2.14. The molecule has 0 bridgehead atoms. The van der Waals surface area contributed by atoms with Crippen LogP contribution in [0.3, 0.4) is 0 Å². The van der Waals surface area contributed by atoms with E-state index < -0.39 is 0 Å². The number of hydrogen-bond donors (Lipinski definition) is 0. The average molecular weight is 334 g/mol. The van der Waals surface area contributed by atoms with Gasteiger partial charge < -0.3 is 0 Å². The maximum atomic E-state index is 2.27. The third-order valence-electron chi connectivity index (χ3n) is 5.50. The monoisotopic (exact) mass is 334 g/mol. The van der Waals surface area contributed by atoms with E-state index in [1.807, 2.05) is 0 Å². The summed E-state index contributed by atoms with van der Waals surface area (Å²) in [5.74, 6) is 0. The van der Waals surface area contributed by atoms with Gasteiger partial charge in [-0.3, -0.25) is 0 Å². The third kappa shape index (κ3) is 2.14. The Hall–Kier alpha value is -3.19. The van der Waals surface area contributed by atoms with E-state index in [2.05, 4.69) is 104 Å². The minimum Gasteiger partial charge on any atom is -0.200 e. The summed E-state index contributed by atoms with van der Waals surface area (Å²) in [5, 5.41) is 7.82. The molecule has 0 amide bonds. The molecule has 0 aliphatic carbocycles. The number of aryl methyl sites for hydroxylation is 2. The summed E-state index contributed by atoms with van der Waals surface area (Å²) in [6, 6.07) is 28.5. The summed E-state index contributed by atoms with van der Waals surface area (Å²) in [6.45, 7) is 2.23. The molecule has 0 aliphatic heterocycles. The maximum absolute atomic E-state index is 2.27. The van der Waals surface area contributed by atoms with E-state index in [1.165, 1.54) is 49.1 Å². The van der Waals surface area contributed by atoms with E-state index in [0.717, 1.165) is 0 Å². The Balaban J connectivity index is 1.91. The van der Waals surface area contributed by atoms with E-state index >= 15 is 0 Å². The number of nitrogens with zero attached hydrogens (tertiary/aromatic N) is 1. The van der Waals surface area contributed by atoms with Crippen molar-refractivity contribution in [3.8, 4) is 11.3 Å². The first kappa shape index (κ1) is 15.1. The lowest BCUT2D eigenvalue weighted by Gasteiger charge is -2.11. The van der Waals surface area contributed by atoms with Crippen LogP contribution in [0, 0.1) is 6.92 Å². The van der Waals surface area contributed by atoms with Crippen LogP contribution in [0.5, 0.6) is 0 Å². The number of aromatic nitrogens is 1. The second-order valence-electron chi connectivity index (χ2n) is 6.98. The van der Waals surface area contributed by atoms with E-state index in [0.29, 0.717) is 0 Å². The quantitative estimate of drug-likeness (QED) is 0.263. The van der Waals surface area contributed by atoms with Gasteiger partial charge in [-0.15, -0.1) is 0 Å². The zero-order valence-electron chi connectivity index (χ0n) is 15.0. The van der Waals surface area contributed by atoms with Crippen molar-refractivity contribution in [1.29, 1.82) is 0 Å². The summed E-state index contributed by atoms with van der Waals surface area (Å²) >= 11 is 0. The van der Waals surface area contributed by atoms with Crippen LogP contribution in [0.2, 0.25) is 0 Å². The molecule has 5 rings (SSSR count). The minimum absolute atomic E-state index is 1.27. The number of pyridine rings is 1. The molecule has 1 heteroatoms. The second-order valence-corrected chi connectivity index (χ2v) is 6.98. The molecule has 0 unspecified atom stereocenters. The molecule has 0 N–H and O–H groups in total. The molecule has 5 aromatic rings. The van der Waals surface area contributed by atoms with Gasteiger partial charge in [0.25, 0.3) is 0 Å². The lowest BCUT2D eigenvalue weighted by molar-refractivity contribution is -0.659. The molecule has 0 aliphatic rings. The van der Waals surface area contributed by atoms with Crippen LogP contribution >= 0.6 is 0 Å². The van der Waals surface area contributed by atoms with Crippen molar-refractivity contribution >= 4 is 32.3 Å². The average Bonchev–Trinajstić information content (AvgIpc) is 2.69. The predicted molar refractivity (Wildman–Crippen MR) is 110 cm³/mol. The van der Waals surface area contributed by atoms with E-state index in [1.54, 1.807) is 0 Å². The molecule has 0 saturated heterocycles. The molecule has 0 spiro atoms. The molecule has 1 nitrogen and oxygen atoms in total. The lowest BCUT2D eigenvalue weighted by atomic mass is 9.93. The summed E-state index contributed by atoms with van der Waals surface area (Å²) in [4.78, 5) is 0. The van der Waals surface area contributed by atoms with Crippen LogP contribution in [-0.4, -0.2) is 0 Å². The molecule has 26 heavy (non-hydrogen) atoms. The van der Waals surface area contributed by atoms with E-state index in [-0.39, 0.29) is 0 Å². The first-order chi connectivity index (χ1) is 12.7. The fourth-order valence-electron chi connectivity index (χ4n) is 4.15. The molecule has 0 fully saturated rings. The van der Waals surface area contributed by atoms with Crippen molar-refractivity contribution in [3.05, 3.63) is 90.6 Å².